The van der Waals surface area contributed by atoms with Crippen molar-refractivity contribution < 1.29 is 9.15 Å². The molecule has 1 aromatic rings. The van der Waals surface area contributed by atoms with Crippen LogP contribution in [0.5, 0.6) is 0 Å². The van der Waals surface area contributed by atoms with Crippen molar-refractivity contribution in [3.8, 4) is 0 Å². The number of hydrogen-bond donors (Lipinski definition) is 1. The van der Waals surface area contributed by atoms with Gasteiger partial charge < -0.3 is 14.9 Å². The first-order valence-electron chi connectivity index (χ1n) is 5.55. The highest BCUT2D eigenvalue weighted by molar-refractivity contribution is 4.99. The number of nitrogens with two attached hydrogens (primary N) is 1. The monoisotopic (exact) mass is 226 g/mol. The molecule has 4 heteroatoms. The maximum Gasteiger partial charge on any atom is 0.117 e. The number of hydrogen-bond acceptors (Lipinski definition) is 4. The molecule has 0 aromatic carbocycles. The van der Waals surface area contributed by atoms with Crippen molar-refractivity contribution >= 4 is 0 Å². The highest BCUT2D eigenvalue weighted by atomic mass is 16.5. The molecule has 0 aliphatic carbocycles. The fraction of sp³-hybridized carbons (Fsp3) is 0.667. The minimum Gasteiger partial charge on any atom is -0.468 e. The van der Waals surface area contributed by atoms with Crippen LogP contribution in [0.4, 0.5) is 0 Å². The summed E-state index contributed by atoms with van der Waals surface area (Å²) in [5.74, 6) is 0.958. The summed E-state index contributed by atoms with van der Waals surface area (Å²) in [6.45, 7) is 4.24. The van der Waals surface area contributed by atoms with Gasteiger partial charge in [0.2, 0.25) is 0 Å². The van der Waals surface area contributed by atoms with E-state index in [2.05, 4.69) is 18.9 Å². The second kappa shape index (κ2) is 6.03. The Morgan fingerprint density at radius 1 is 1.56 bits per heavy atom. The van der Waals surface area contributed by atoms with Gasteiger partial charge in [-0.2, -0.15) is 0 Å². The molecule has 0 bridgehead atoms. The molecule has 0 amide bonds. The number of likely N-dealkylation sites (N-methyl/N-ethyl adjacent to an activating group) is 1. The van der Waals surface area contributed by atoms with Crippen molar-refractivity contribution in [3.63, 3.8) is 0 Å². The van der Waals surface area contributed by atoms with Gasteiger partial charge in [-0.05, 0) is 32.5 Å². The van der Waals surface area contributed by atoms with E-state index >= 15 is 0 Å². The molecule has 92 valence electrons. The van der Waals surface area contributed by atoms with Crippen LogP contribution < -0.4 is 5.73 Å². The second-order valence-corrected chi connectivity index (χ2v) is 4.38. The third kappa shape index (κ3) is 3.33. The van der Waals surface area contributed by atoms with E-state index < -0.39 is 0 Å². The molecule has 0 fully saturated rings. The Morgan fingerprint density at radius 2 is 2.31 bits per heavy atom. The topological polar surface area (TPSA) is 51.6 Å². The first-order chi connectivity index (χ1) is 7.62. The summed E-state index contributed by atoms with van der Waals surface area (Å²) in [5.41, 5.74) is 5.80. The molecule has 4 nitrogen and oxygen atoms in total. The molecule has 0 radical (unpaired) electrons. The number of methoxy groups -OCH3 is 1. The fourth-order valence-electron chi connectivity index (χ4n) is 1.60. The standard InChI is InChI=1S/C12H22N2O2/c1-12(10-13,6-8-15-3)14(2)9-11-5-4-7-16-11/h4-5,7H,6,8-10,13H2,1-3H3. The predicted molar refractivity (Wildman–Crippen MR) is 64.1 cm³/mol. The lowest BCUT2D eigenvalue weighted by molar-refractivity contribution is 0.0789. The Balaban J connectivity index is 2.57. The van der Waals surface area contributed by atoms with E-state index in [1.807, 2.05) is 12.1 Å². The summed E-state index contributed by atoms with van der Waals surface area (Å²) >= 11 is 0. The summed E-state index contributed by atoms with van der Waals surface area (Å²) in [6, 6.07) is 3.88. The van der Waals surface area contributed by atoms with Crippen LogP contribution in [0.25, 0.3) is 0 Å². The maximum atomic E-state index is 5.85. The van der Waals surface area contributed by atoms with E-state index in [-0.39, 0.29) is 5.54 Å². The first kappa shape index (κ1) is 13.2. The van der Waals surface area contributed by atoms with Crippen LogP contribution in [-0.4, -0.2) is 37.7 Å². The van der Waals surface area contributed by atoms with Crippen LogP contribution in [0.2, 0.25) is 0 Å². The molecule has 2 N–H and O–H groups in total. The summed E-state index contributed by atoms with van der Waals surface area (Å²) < 4.78 is 10.5. The molecule has 0 aliphatic heterocycles. The molecule has 1 unspecified atom stereocenters. The average molecular weight is 226 g/mol. The number of nitrogens with zero attached hydrogens (tertiary/aromatic N) is 1. The molecule has 1 rings (SSSR count). The summed E-state index contributed by atoms with van der Waals surface area (Å²) in [7, 11) is 3.77. The Bertz CT molecular complexity index is 287. The molecular formula is C12H22N2O2. The summed E-state index contributed by atoms with van der Waals surface area (Å²) in [6.07, 6.45) is 2.61. The predicted octanol–water partition coefficient (Wildman–Crippen LogP) is 1.47. The fourth-order valence-corrected chi connectivity index (χ4v) is 1.60. The van der Waals surface area contributed by atoms with Crippen molar-refractivity contribution in [1.82, 2.24) is 4.90 Å². The van der Waals surface area contributed by atoms with Gasteiger partial charge in [0.05, 0.1) is 12.8 Å². The van der Waals surface area contributed by atoms with Crippen LogP contribution in [0.15, 0.2) is 22.8 Å². The zero-order valence-electron chi connectivity index (χ0n) is 10.4. The van der Waals surface area contributed by atoms with Crippen molar-refractivity contribution in [2.75, 3.05) is 27.3 Å². The van der Waals surface area contributed by atoms with Gasteiger partial charge in [0, 0.05) is 25.8 Å². The van der Waals surface area contributed by atoms with E-state index in [1.54, 1.807) is 13.4 Å². The lowest BCUT2D eigenvalue weighted by atomic mass is 9.96. The van der Waals surface area contributed by atoms with Crippen molar-refractivity contribution in [1.29, 1.82) is 0 Å². The van der Waals surface area contributed by atoms with E-state index in [0.29, 0.717) is 6.54 Å². The number of furan rings is 1. The van der Waals surface area contributed by atoms with Crippen LogP contribution >= 0.6 is 0 Å². The van der Waals surface area contributed by atoms with Gasteiger partial charge in [-0.3, -0.25) is 4.90 Å². The van der Waals surface area contributed by atoms with Crippen LogP contribution in [-0.2, 0) is 11.3 Å². The minimum atomic E-state index is -0.0528. The molecule has 0 saturated carbocycles. The van der Waals surface area contributed by atoms with Crippen molar-refractivity contribution in [2.24, 2.45) is 5.73 Å². The molecule has 1 heterocycles. The van der Waals surface area contributed by atoms with Gasteiger partial charge in [-0.15, -0.1) is 0 Å². The zero-order valence-corrected chi connectivity index (χ0v) is 10.4. The third-order valence-electron chi connectivity index (χ3n) is 3.18. The van der Waals surface area contributed by atoms with Gasteiger partial charge in [-0.25, -0.2) is 0 Å². The van der Waals surface area contributed by atoms with E-state index in [1.165, 1.54) is 0 Å². The second-order valence-electron chi connectivity index (χ2n) is 4.38. The van der Waals surface area contributed by atoms with Gasteiger partial charge >= 0.3 is 0 Å². The Labute approximate surface area is 97.4 Å². The summed E-state index contributed by atoms with van der Waals surface area (Å²) in [5, 5.41) is 0. The highest BCUT2D eigenvalue weighted by Gasteiger charge is 2.27. The molecular weight excluding hydrogens is 204 g/mol. The number of ether oxygens (including phenoxy) is 1. The van der Waals surface area contributed by atoms with Crippen molar-refractivity contribution in [2.45, 2.75) is 25.4 Å². The van der Waals surface area contributed by atoms with E-state index in [4.69, 9.17) is 14.9 Å². The summed E-state index contributed by atoms with van der Waals surface area (Å²) in [4.78, 5) is 2.21. The Kier molecular flexibility index (Phi) is 4.99. The molecule has 0 spiro atoms. The first-order valence-corrected chi connectivity index (χ1v) is 5.55. The number of rotatable bonds is 7. The van der Waals surface area contributed by atoms with Crippen LogP contribution in [0, 0.1) is 0 Å². The maximum absolute atomic E-state index is 5.85. The lowest BCUT2D eigenvalue weighted by Gasteiger charge is -2.37. The Hall–Kier alpha value is -0.840. The van der Waals surface area contributed by atoms with Crippen molar-refractivity contribution in [3.05, 3.63) is 24.2 Å². The molecule has 1 aromatic heterocycles. The molecule has 0 saturated heterocycles. The molecule has 0 aliphatic rings. The average Bonchev–Trinajstić information content (AvgIpc) is 2.78. The van der Waals surface area contributed by atoms with Gasteiger partial charge in [0.1, 0.15) is 5.76 Å². The normalized spacial score (nSPS) is 15.3. The zero-order chi connectivity index (χ0) is 12.0. The smallest absolute Gasteiger partial charge is 0.117 e. The van der Waals surface area contributed by atoms with E-state index in [9.17, 15) is 0 Å². The van der Waals surface area contributed by atoms with Crippen LogP contribution in [0.1, 0.15) is 19.1 Å². The SMILES string of the molecule is COCCC(C)(CN)N(C)Cc1ccco1. The van der Waals surface area contributed by atoms with Crippen LogP contribution in [0.3, 0.4) is 0 Å². The molecule has 1 atom stereocenters. The highest BCUT2D eigenvalue weighted by Crippen LogP contribution is 2.19. The minimum absolute atomic E-state index is 0.0528. The largest absolute Gasteiger partial charge is 0.468 e. The van der Waals surface area contributed by atoms with Gasteiger partial charge in [0.25, 0.3) is 0 Å². The Morgan fingerprint density at radius 3 is 2.81 bits per heavy atom. The van der Waals surface area contributed by atoms with Gasteiger partial charge in [-0.1, -0.05) is 0 Å². The van der Waals surface area contributed by atoms with E-state index in [0.717, 1.165) is 25.3 Å². The third-order valence-corrected chi connectivity index (χ3v) is 3.18. The quantitative estimate of drug-likeness (QED) is 0.765. The van der Waals surface area contributed by atoms with Gasteiger partial charge in [0.15, 0.2) is 0 Å². The lowest BCUT2D eigenvalue weighted by Crippen LogP contribution is -2.49. The molecule has 16 heavy (non-hydrogen) atoms.